The molecular weight excluding hydrogens is 286 g/mol. The molecule has 1 saturated carbocycles. The van der Waals surface area contributed by atoms with Crippen LogP contribution in [0, 0.1) is 19.8 Å². The predicted octanol–water partition coefficient (Wildman–Crippen LogP) is 2.83. The second-order valence-corrected chi connectivity index (χ2v) is 6.48. The summed E-state index contributed by atoms with van der Waals surface area (Å²) in [6.45, 7) is 7.88. The van der Waals surface area contributed by atoms with Gasteiger partial charge in [0.15, 0.2) is 5.96 Å². The largest absolute Gasteiger partial charge is 0.381 e. The van der Waals surface area contributed by atoms with Gasteiger partial charge in [-0.1, -0.05) is 23.8 Å². The maximum Gasteiger partial charge on any atom is 0.190 e. The first-order chi connectivity index (χ1) is 11.2. The van der Waals surface area contributed by atoms with Crippen molar-refractivity contribution in [3.05, 3.63) is 34.9 Å². The van der Waals surface area contributed by atoms with Crippen LogP contribution in [0.2, 0.25) is 0 Å². The van der Waals surface area contributed by atoms with Gasteiger partial charge in [0.1, 0.15) is 0 Å². The third-order valence-electron chi connectivity index (χ3n) is 4.22. The number of guanidine groups is 1. The molecule has 1 aromatic carbocycles. The van der Waals surface area contributed by atoms with Gasteiger partial charge in [0.25, 0.3) is 0 Å². The van der Waals surface area contributed by atoms with E-state index in [2.05, 4.69) is 47.7 Å². The van der Waals surface area contributed by atoms with Gasteiger partial charge in [-0.25, -0.2) is 0 Å². The molecule has 0 radical (unpaired) electrons. The molecule has 128 valence electrons. The Bertz CT molecular complexity index is 509. The van der Waals surface area contributed by atoms with E-state index in [0.29, 0.717) is 0 Å². The normalized spacial score (nSPS) is 14.8. The topological polar surface area (TPSA) is 45.7 Å². The zero-order valence-corrected chi connectivity index (χ0v) is 14.8. The lowest BCUT2D eigenvalue weighted by Gasteiger charge is -2.13. The first kappa shape index (κ1) is 17.8. The average Bonchev–Trinajstić information content (AvgIpc) is 3.35. The Hall–Kier alpha value is -1.55. The number of ether oxygens (including phenoxy) is 1. The van der Waals surface area contributed by atoms with Crippen LogP contribution < -0.4 is 10.6 Å². The van der Waals surface area contributed by atoms with Crippen molar-refractivity contribution < 1.29 is 4.74 Å². The molecular formula is C19H31N3O. The van der Waals surface area contributed by atoms with E-state index in [1.807, 2.05) is 7.05 Å². The van der Waals surface area contributed by atoms with Crippen LogP contribution in [0.25, 0.3) is 0 Å². The minimum Gasteiger partial charge on any atom is -0.381 e. The summed E-state index contributed by atoms with van der Waals surface area (Å²) in [5.41, 5.74) is 4.08. The van der Waals surface area contributed by atoms with Crippen LogP contribution >= 0.6 is 0 Å². The van der Waals surface area contributed by atoms with Crippen LogP contribution in [0.5, 0.6) is 0 Å². The second-order valence-electron chi connectivity index (χ2n) is 6.48. The lowest BCUT2D eigenvalue weighted by Crippen LogP contribution is -2.39. The van der Waals surface area contributed by atoms with Crippen molar-refractivity contribution in [3.8, 4) is 0 Å². The summed E-state index contributed by atoms with van der Waals surface area (Å²) in [5, 5.41) is 6.72. The van der Waals surface area contributed by atoms with Crippen LogP contribution in [-0.2, 0) is 11.2 Å². The molecule has 0 unspecified atom stereocenters. The standard InChI is InChI=1S/C19H31N3O/c1-15-5-8-18(16(2)13-15)9-11-22-19(20-3)21-10-4-12-23-14-17-6-7-17/h5,8,13,17H,4,6-7,9-12,14H2,1-3H3,(H2,20,21,22). The molecule has 0 bridgehead atoms. The molecule has 2 N–H and O–H groups in total. The van der Waals surface area contributed by atoms with Crippen LogP contribution in [-0.4, -0.2) is 39.3 Å². The van der Waals surface area contributed by atoms with Crippen molar-refractivity contribution >= 4 is 5.96 Å². The van der Waals surface area contributed by atoms with Crippen molar-refractivity contribution in [1.82, 2.24) is 10.6 Å². The van der Waals surface area contributed by atoms with E-state index >= 15 is 0 Å². The van der Waals surface area contributed by atoms with Crippen molar-refractivity contribution in [2.45, 2.75) is 39.5 Å². The fourth-order valence-electron chi connectivity index (χ4n) is 2.58. The fraction of sp³-hybridized carbons (Fsp3) is 0.632. The highest BCUT2D eigenvalue weighted by atomic mass is 16.5. The highest BCUT2D eigenvalue weighted by Gasteiger charge is 2.20. The summed E-state index contributed by atoms with van der Waals surface area (Å²) in [4.78, 5) is 4.27. The molecule has 0 spiro atoms. The molecule has 0 saturated heterocycles. The van der Waals surface area contributed by atoms with Crippen molar-refractivity contribution in [3.63, 3.8) is 0 Å². The third-order valence-corrected chi connectivity index (χ3v) is 4.22. The molecule has 1 aromatic rings. The number of rotatable bonds is 9. The van der Waals surface area contributed by atoms with Crippen molar-refractivity contribution in [2.75, 3.05) is 33.4 Å². The zero-order chi connectivity index (χ0) is 16.5. The Morgan fingerprint density at radius 1 is 1.22 bits per heavy atom. The third kappa shape index (κ3) is 7.04. The Morgan fingerprint density at radius 2 is 2.00 bits per heavy atom. The van der Waals surface area contributed by atoms with Gasteiger partial charge in [-0.15, -0.1) is 0 Å². The first-order valence-corrected chi connectivity index (χ1v) is 8.77. The van der Waals surface area contributed by atoms with E-state index in [9.17, 15) is 0 Å². The molecule has 0 aromatic heterocycles. The van der Waals surface area contributed by atoms with Gasteiger partial charge in [-0.05, 0) is 56.6 Å². The molecule has 1 aliphatic rings. The summed E-state index contributed by atoms with van der Waals surface area (Å²) in [5.74, 6) is 1.72. The Labute approximate surface area is 140 Å². The summed E-state index contributed by atoms with van der Waals surface area (Å²) < 4.78 is 5.63. The van der Waals surface area contributed by atoms with Crippen LogP contribution in [0.15, 0.2) is 23.2 Å². The number of nitrogens with zero attached hydrogens (tertiary/aromatic N) is 1. The molecule has 0 amide bonds. The van der Waals surface area contributed by atoms with Crippen LogP contribution in [0.3, 0.4) is 0 Å². The molecule has 1 fully saturated rings. The van der Waals surface area contributed by atoms with Gasteiger partial charge in [-0.2, -0.15) is 0 Å². The first-order valence-electron chi connectivity index (χ1n) is 8.77. The van der Waals surface area contributed by atoms with Gasteiger partial charge in [0.2, 0.25) is 0 Å². The van der Waals surface area contributed by atoms with E-state index < -0.39 is 0 Å². The van der Waals surface area contributed by atoms with Gasteiger partial charge < -0.3 is 15.4 Å². The minimum absolute atomic E-state index is 0.836. The van der Waals surface area contributed by atoms with E-state index in [0.717, 1.165) is 51.0 Å². The van der Waals surface area contributed by atoms with E-state index in [1.54, 1.807) is 0 Å². The number of aliphatic imine (C=N–C) groups is 1. The average molecular weight is 317 g/mol. The number of benzene rings is 1. The highest BCUT2D eigenvalue weighted by Crippen LogP contribution is 2.28. The van der Waals surface area contributed by atoms with Gasteiger partial charge in [0.05, 0.1) is 0 Å². The van der Waals surface area contributed by atoms with E-state index in [4.69, 9.17) is 4.74 Å². The molecule has 23 heavy (non-hydrogen) atoms. The Morgan fingerprint density at radius 3 is 2.70 bits per heavy atom. The molecule has 2 rings (SSSR count). The van der Waals surface area contributed by atoms with Gasteiger partial charge >= 0.3 is 0 Å². The maximum atomic E-state index is 5.63. The number of nitrogens with one attached hydrogen (secondary N) is 2. The number of hydrogen-bond donors (Lipinski definition) is 2. The summed E-state index contributed by atoms with van der Waals surface area (Å²) in [7, 11) is 1.82. The zero-order valence-electron chi connectivity index (χ0n) is 14.8. The van der Waals surface area contributed by atoms with Crippen molar-refractivity contribution in [2.24, 2.45) is 10.9 Å². The minimum atomic E-state index is 0.836. The van der Waals surface area contributed by atoms with Crippen molar-refractivity contribution in [1.29, 1.82) is 0 Å². The smallest absolute Gasteiger partial charge is 0.190 e. The predicted molar refractivity (Wildman–Crippen MR) is 97.1 cm³/mol. The number of hydrogen-bond acceptors (Lipinski definition) is 2. The summed E-state index contributed by atoms with van der Waals surface area (Å²) in [6.07, 6.45) is 4.74. The van der Waals surface area contributed by atoms with E-state index in [1.165, 1.54) is 29.5 Å². The fourth-order valence-corrected chi connectivity index (χ4v) is 2.58. The van der Waals surface area contributed by atoms with Crippen LogP contribution in [0.4, 0.5) is 0 Å². The molecule has 4 nitrogen and oxygen atoms in total. The quantitative estimate of drug-likeness (QED) is 0.418. The van der Waals surface area contributed by atoms with E-state index in [-0.39, 0.29) is 0 Å². The lowest BCUT2D eigenvalue weighted by atomic mass is 10.0. The maximum absolute atomic E-state index is 5.63. The molecule has 0 atom stereocenters. The Balaban J connectivity index is 1.56. The Kier molecular flexibility index (Phi) is 7.40. The molecule has 0 heterocycles. The monoisotopic (exact) mass is 317 g/mol. The molecule has 0 aliphatic heterocycles. The number of aryl methyl sites for hydroxylation is 2. The van der Waals surface area contributed by atoms with Gasteiger partial charge in [0, 0.05) is 33.4 Å². The highest BCUT2D eigenvalue weighted by molar-refractivity contribution is 5.79. The second kappa shape index (κ2) is 9.56. The van der Waals surface area contributed by atoms with Crippen LogP contribution in [0.1, 0.15) is 36.0 Å². The SMILES string of the molecule is CN=C(NCCCOCC1CC1)NCCc1ccc(C)cc1C. The summed E-state index contributed by atoms with van der Waals surface area (Å²) >= 11 is 0. The molecule has 1 aliphatic carbocycles. The van der Waals surface area contributed by atoms with Gasteiger partial charge in [-0.3, -0.25) is 4.99 Å². The lowest BCUT2D eigenvalue weighted by molar-refractivity contribution is 0.123. The molecule has 4 heteroatoms. The summed E-state index contributed by atoms with van der Waals surface area (Å²) in [6, 6.07) is 6.64.